The molecule has 3 heterocycles. The number of furan rings is 1. The van der Waals surface area contributed by atoms with Gasteiger partial charge in [-0.15, -0.1) is 11.3 Å². The van der Waals surface area contributed by atoms with Gasteiger partial charge in [-0.2, -0.15) is 13.2 Å². The first-order valence-corrected chi connectivity index (χ1v) is 12.7. The molecule has 2 aromatic heterocycles. The molecular formula is C20H19ClF4N4O3S2. The number of alkyl halides is 3. The molecule has 34 heavy (non-hydrogen) atoms. The highest BCUT2D eigenvalue weighted by Gasteiger charge is 2.35. The zero-order chi connectivity index (χ0) is 24.8. The third-order valence-corrected chi connectivity index (χ3v) is 7.44. The molecule has 1 aromatic carbocycles. The highest BCUT2D eigenvalue weighted by atomic mass is 35.5. The summed E-state index contributed by atoms with van der Waals surface area (Å²) >= 11 is 7.51. The number of anilines is 1. The molecule has 4 rings (SSSR count). The normalized spacial score (nSPS) is 17.4. The predicted octanol–water partition coefficient (Wildman–Crippen LogP) is 4.86. The maximum atomic E-state index is 14.3. The van der Waals surface area contributed by atoms with Gasteiger partial charge in [0.2, 0.25) is 15.8 Å². The lowest BCUT2D eigenvalue weighted by Gasteiger charge is -2.15. The van der Waals surface area contributed by atoms with Crippen molar-refractivity contribution >= 4 is 38.1 Å². The van der Waals surface area contributed by atoms with Crippen LogP contribution >= 0.6 is 22.9 Å². The van der Waals surface area contributed by atoms with Crippen molar-refractivity contribution in [3.05, 3.63) is 51.5 Å². The van der Waals surface area contributed by atoms with Crippen molar-refractivity contribution in [2.75, 3.05) is 18.4 Å². The number of halogens is 5. The molecule has 0 bridgehead atoms. The molecule has 3 N–H and O–H groups in total. The minimum Gasteiger partial charge on any atom is -0.455 e. The highest BCUT2D eigenvalue weighted by molar-refractivity contribution is 7.89. The Labute approximate surface area is 201 Å². The van der Waals surface area contributed by atoms with Crippen LogP contribution < -0.4 is 10.5 Å². The summed E-state index contributed by atoms with van der Waals surface area (Å²) in [5, 5.41) is 8.85. The molecule has 184 valence electrons. The van der Waals surface area contributed by atoms with E-state index in [-0.39, 0.29) is 28.9 Å². The molecule has 14 heteroatoms. The average Bonchev–Trinajstić information content (AvgIpc) is 3.43. The van der Waals surface area contributed by atoms with Gasteiger partial charge in [-0.1, -0.05) is 11.6 Å². The fourth-order valence-electron chi connectivity index (χ4n) is 3.74. The molecule has 0 amide bonds. The van der Waals surface area contributed by atoms with Gasteiger partial charge < -0.3 is 9.73 Å². The van der Waals surface area contributed by atoms with Crippen LogP contribution in [0, 0.1) is 12.7 Å². The largest absolute Gasteiger partial charge is 0.455 e. The van der Waals surface area contributed by atoms with Gasteiger partial charge in [-0.3, -0.25) is 4.90 Å². The molecule has 0 spiro atoms. The number of hydrogen-bond acceptors (Lipinski definition) is 7. The second-order valence-electron chi connectivity index (χ2n) is 7.86. The van der Waals surface area contributed by atoms with Crippen molar-refractivity contribution in [2.45, 2.75) is 37.0 Å². The molecule has 0 radical (unpaired) electrons. The second kappa shape index (κ2) is 9.11. The van der Waals surface area contributed by atoms with Gasteiger partial charge in [-0.05, 0) is 37.6 Å². The summed E-state index contributed by atoms with van der Waals surface area (Å²) in [5.41, 5.74) is 0.641. The van der Waals surface area contributed by atoms with E-state index in [0.29, 0.717) is 23.9 Å². The Morgan fingerprint density at radius 3 is 2.74 bits per heavy atom. The summed E-state index contributed by atoms with van der Waals surface area (Å²) in [5.74, 6) is -1.81. The maximum Gasteiger partial charge on any atom is 0.449 e. The number of nitrogens with one attached hydrogen (secondary N) is 1. The number of nitrogens with two attached hydrogens (primary N) is 1. The van der Waals surface area contributed by atoms with Gasteiger partial charge in [0.25, 0.3) is 0 Å². The second-order valence-corrected chi connectivity index (χ2v) is 11.0. The number of likely N-dealkylation sites (tertiary alicyclic amines) is 1. The SMILES string of the molecule is Cc1sc(NC2CCN(Cc3ccc(C(F)(F)F)o3)C2)nc1-c1cc(F)c(S(N)(=O)=O)cc1Cl. The lowest BCUT2D eigenvalue weighted by molar-refractivity contribution is -0.153. The van der Waals surface area contributed by atoms with Crippen molar-refractivity contribution in [1.29, 1.82) is 0 Å². The Hall–Kier alpha value is -2.19. The van der Waals surface area contributed by atoms with Gasteiger partial charge in [0, 0.05) is 29.6 Å². The molecule has 1 aliphatic rings. The Morgan fingerprint density at radius 2 is 2.09 bits per heavy atom. The fraction of sp³-hybridized carbons (Fsp3) is 0.350. The zero-order valence-corrected chi connectivity index (χ0v) is 20.0. The quantitative estimate of drug-likeness (QED) is 0.435. The Kier molecular flexibility index (Phi) is 6.68. The number of hydrogen-bond donors (Lipinski definition) is 2. The van der Waals surface area contributed by atoms with Crippen molar-refractivity contribution in [1.82, 2.24) is 9.88 Å². The Balaban J connectivity index is 1.44. The molecule has 3 aromatic rings. The maximum absolute atomic E-state index is 14.3. The lowest BCUT2D eigenvalue weighted by Crippen LogP contribution is -2.25. The van der Waals surface area contributed by atoms with Crippen LogP contribution in [0.1, 0.15) is 22.8 Å². The van der Waals surface area contributed by atoms with E-state index in [4.69, 9.17) is 21.2 Å². The Morgan fingerprint density at radius 1 is 1.35 bits per heavy atom. The smallest absolute Gasteiger partial charge is 0.449 e. The summed E-state index contributed by atoms with van der Waals surface area (Å²) in [6.07, 6.45) is -3.78. The molecule has 1 saturated heterocycles. The molecule has 1 unspecified atom stereocenters. The van der Waals surface area contributed by atoms with Crippen LogP contribution in [0.25, 0.3) is 11.3 Å². The third-order valence-electron chi connectivity index (χ3n) is 5.30. The van der Waals surface area contributed by atoms with Gasteiger partial charge in [-0.25, -0.2) is 22.9 Å². The number of benzene rings is 1. The van der Waals surface area contributed by atoms with Crippen LogP contribution in [-0.2, 0) is 22.7 Å². The van der Waals surface area contributed by atoms with E-state index in [2.05, 4.69) is 10.3 Å². The van der Waals surface area contributed by atoms with Crippen LogP contribution in [0.15, 0.2) is 33.6 Å². The van der Waals surface area contributed by atoms with Gasteiger partial charge in [0.15, 0.2) is 5.13 Å². The summed E-state index contributed by atoms with van der Waals surface area (Å²) in [6, 6.07) is 4.19. The molecule has 1 fully saturated rings. The van der Waals surface area contributed by atoms with E-state index in [1.54, 1.807) is 6.92 Å². The number of primary sulfonamides is 1. The summed E-state index contributed by atoms with van der Waals surface area (Å²) < 4.78 is 80.4. The first-order chi connectivity index (χ1) is 15.8. The standard InChI is InChI=1S/C20H19ClF4N4O3S2/c1-10-18(13-6-15(22)16(7-14(13)21)34(26,30)31)28-19(33-10)27-11-4-5-29(8-11)9-12-2-3-17(32-12)20(23,24)25/h2-3,6-7,11H,4-5,8-9H2,1H3,(H,27,28)(H2,26,30,31). The molecule has 0 saturated carbocycles. The number of aromatic nitrogens is 1. The first kappa shape index (κ1) is 24.9. The molecular weight excluding hydrogens is 520 g/mol. The highest BCUT2D eigenvalue weighted by Crippen LogP contribution is 2.37. The minimum absolute atomic E-state index is 0.00547. The fourth-order valence-corrected chi connectivity index (χ4v) is 5.58. The number of sulfonamides is 1. The lowest BCUT2D eigenvalue weighted by atomic mass is 10.1. The van der Waals surface area contributed by atoms with E-state index >= 15 is 0 Å². The number of nitrogens with zero attached hydrogens (tertiary/aromatic N) is 2. The molecule has 1 atom stereocenters. The monoisotopic (exact) mass is 538 g/mol. The van der Waals surface area contributed by atoms with E-state index in [9.17, 15) is 26.0 Å². The summed E-state index contributed by atoms with van der Waals surface area (Å²) in [4.78, 5) is 6.50. The van der Waals surface area contributed by atoms with E-state index in [1.165, 1.54) is 17.4 Å². The van der Waals surface area contributed by atoms with Crippen molar-refractivity contribution in [2.24, 2.45) is 5.14 Å². The predicted molar refractivity (Wildman–Crippen MR) is 120 cm³/mol. The van der Waals surface area contributed by atoms with Crippen LogP contribution in [0.2, 0.25) is 5.02 Å². The van der Waals surface area contributed by atoms with E-state index < -0.39 is 32.7 Å². The number of rotatable bonds is 6. The average molecular weight is 539 g/mol. The zero-order valence-electron chi connectivity index (χ0n) is 17.6. The summed E-state index contributed by atoms with van der Waals surface area (Å²) in [6.45, 7) is 3.25. The topological polar surface area (TPSA) is 101 Å². The van der Waals surface area contributed by atoms with Crippen LogP contribution in [0.4, 0.5) is 22.7 Å². The van der Waals surface area contributed by atoms with E-state index in [0.717, 1.165) is 29.5 Å². The van der Waals surface area contributed by atoms with Gasteiger partial charge in [0.1, 0.15) is 16.5 Å². The Bertz CT molecular complexity index is 1320. The van der Waals surface area contributed by atoms with Crippen molar-refractivity contribution in [3.8, 4) is 11.3 Å². The molecule has 7 nitrogen and oxygen atoms in total. The van der Waals surface area contributed by atoms with Crippen LogP contribution in [-0.4, -0.2) is 37.4 Å². The number of aryl methyl sites for hydroxylation is 1. The van der Waals surface area contributed by atoms with Crippen molar-refractivity contribution < 1.29 is 30.4 Å². The van der Waals surface area contributed by atoms with Crippen LogP contribution in [0.3, 0.4) is 0 Å². The minimum atomic E-state index is -4.52. The number of thiazole rings is 1. The van der Waals surface area contributed by atoms with Gasteiger partial charge in [0.05, 0.1) is 17.3 Å². The van der Waals surface area contributed by atoms with Crippen molar-refractivity contribution in [3.63, 3.8) is 0 Å². The van der Waals surface area contributed by atoms with Crippen LogP contribution in [0.5, 0.6) is 0 Å². The molecule has 1 aliphatic heterocycles. The third kappa shape index (κ3) is 5.38. The van der Waals surface area contributed by atoms with E-state index in [1.807, 2.05) is 4.90 Å². The molecule has 0 aliphatic carbocycles. The summed E-state index contributed by atoms with van der Waals surface area (Å²) in [7, 11) is -4.27. The first-order valence-electron chi connectivity index (χ1n) is 9.95. The van der Waals surface area contributed by atoms with Gasteiger partial charge >= 0.3 is 6.18 Å².